The summed E-state index contributed by atoms with van der Waals surface area (Å²) in [7, 11) is -9.74. The lowest BCUT2D eigenvalue weighted by molar-refractivity contribution is -0.895. The number of rotatable bonds is 3. The minimum absolute atomic E-state index is 0.212. The van der Waals surface area contributed by atoms with Gasteiger partial charge in [-0.25, -0.2) is 8.42 Å². The molecule has 0 aromatic rings. The predicted octanol–water partition coefficient (Wildman–Crippen LogP) is 0.887. The zero-order valence-electron chi connectivity index (χ0n) is 10.9. The van der Waals surface area contributed by atoms with E-state index in [9.17, 15) is 33.9 Å². The fourth-order valence-corrected chi connectivity index (χ4v) is 3.02. The zero-order valence-corrected chi connectivity index (χ0v) is 12.6. The van der Waals surface area contributed by atoms with Crippen molar-refractivity contribution in [1.82, 2.24) is 4.13 Å². The lowest BCUT2D eigenvalue weighted by Gasteiger charge is -2.26. The van der Waals surface area contributed by atoms with Crippen LogP contribution in [0.1, 0.15) is 19.8 Å². The number of sulfonamides is 1. The van der Waals surface area contributed by atoms with Gasteiger partial charge in [-0.3, -0.25) is 0 Å². The molecule has 1 heterocycles. The maximum Gasteiger partial charge on any atom is 0.512 e. The van der Waals surface area contributed by atoms with Gasteiger partial charge in [0.2, 0.25) is 0 Å². The standard InChI is InChI=1S/C7H16N.CHF4NO4S2/c1-3-8(2)6-4-5-7-8;2-1(3,4)11(7,8)6-12(5,9)10/h3-7H2,1-2H3;6H/q+1;. The Hall–Kier alpha value is -0.460. The Morgan fingerprint density at radius 2 is 1.50 bits per heavy atom. The van der Waals surface area contributed by atoms with Crippen molar-refractivity contribution in [2.45, 2.75) is 25.3 Å². The molecule has 1 fully saturated rings. The van der Waals surface area contributed by atoms with Crippen molar-refractivity contribution in [2.75, 3.05) is 26.7 Å². The molecule has 0 spiro atoms. The molecule has 0 saturated carbocycles. The molecule has 1 aliphatic heterocycles. The van der Waals surface area contributed by atoms with Crippen LogP contribution < -0.4 is 4.13 Å². The Balaban J connectivity index is 0.000000388. The lowest BCUT2D eigenvalue weighted by atomic mass is 10.4. The van der Waals surface area contributed by atoms with Crippen molar-refractivity contribution in [1.29, 1.82) is 0 Å². The molecule has 1 aliphatic rings. The minimum Gasteiger partial charge on any atom is -0.326 e. The van der Waals surface area contributed by atoms with E-state index < -0.39 is 25.9 Å². The van der Waals surface area contributed by atoms with Crippen LogP contribution in [0.4, 0.5) is 17.1 Å². The predicted molar refractivity (Wildman–Crippen MR) is 63.8 cm³/mol. The number of nitrogens with one attached hydrogen (secondary N) is 1. The molecule has 20 heavy (non-hydrogen) atoms. The Morgan fingerprint density at radius 1 is 1.10 bits per heavy atom. The van der Waals surface area contributed by atoms with Crippen molar-refractivity contribution in [2.24, 2.45) is 0 Å². The Morgan fingerprint density at radius 3 is 1.65 bits per heavy atom. The summed E-state index contributed by atoms with van der Waals surface area (Å²) >= 11 is 0. The Kier molecular flexibility index (Phi) is 6.39. The summed E-state index contributed by atoms with van der Waals surface area (Å²) in [5.41, 5.74) is -5.86. The largest absolute Gasteiger partial charge is 0.512 e. The molecular formula is C8H17F4N2O4S2+. The highest BCUT2D eigenvalue weighted by Gasteiger charge is 2.48. The van der Waals surface area contributed by atoms with Gasteiger partial charge in [0.1, 0.15) is 0 Å². The number of quaternary nitrogens is 1. The summed E-state index contributed by atoms with van der Waals surface area (Å²) in [5.74, 6) is 0. The minimum atomic E-state index is -6.17. The van der Waals surface area contributed by atoms with Gasteiger partial charge < -0.3 is 4.48 Å². The van der Waals surface area contributed by atoms with E-state index in [-0.39, 0.29) is 4.13 Å². The van der Waals surface area contributed by atoms with Crippen LogP contribution in [0, 0.1) is 0 Å². The smallest absolute Gasteiger partial charge is 0.326 e. The second-order valence-electron chi connectivity index (χ2n) is 4.56. The molecule has 0 unspecified atom stereocenters. The van der Waals surface area contributed by atoms with Gasteiger partial charge in [-0.2, -0.15) is 21.6 Å². The van der Waals surface area contributed by atoms with Crippen LogP contribution in [0.25, 0.3) is 0 Å². The first kappa shape index (κ1) is 19.5. The maximum absolute atomic E-state index is 11.4. The topological polar surface area (TPSA) is 80.3 Å². The van der Waals surface area contributed by atoms with Crippen LogP contribution in [0.2, 0.25) is 0 Å². The average molecular weight is 345 g/mol. The summed E-state index contributed by atoms with van der Waals surface area (Å²) in [6, 6.07) is 0. The molecule has 0 amide bonds. The van der Waals surface area contributed by atoms with E-state index in [1.54, 1.807) is 0 Å². The second-order valence-corrected chi connectivity index (χ2v) is 7.57. The van der Waals surface area contributed by atoms with E-state index in [0.29, 0.717) is 0 Å². The van der Waals surface area contributed by atoms with Crippen LogP contribution in [-0.4, -0.2) is 53.5 Å². The molecule has 0 atom stereocenters. The molecule has 122 valence electrons. The Bertz CT molecular complexity index is 509. The Labute approximate surface area is 115 Å². The number of halogens is 4. The van der Waals surface area contributed by atoms with Crippen LogP contribution in [0.5, 0.6) is 0 Å². The van der Waals surface area contributed by atoms with Crippen molar-refractivity contribution in [3.05, 3.63) is 0 Å². The number of nitrogens with zero attached hydrogens (tertiary/aromatic N) is 1. The van der Waals surface area contributed by atoms with Gasteiger partial charge in [-0.15, -0.1) is 0 Å². The van der Waals surface area contributed by atoms with Gasteiger partial charge in [0.25, 0.3) is 0 Å². The fourth-order valence-electron chi connectivity index (χ4n) is 1.59. The summed E-state index contributed by atoms with van der Waals surface area (Å²) in [5, 5.41) is 0. The summed E-state index contributed by atoms with van der Waals surface area (Å²) in [6.45, 7) is 6.43. The first-order valence-electron chi connectivity index (χ1n) is 5.60. The monoisotopic (exact) mass is 345 g/mol. The van der Waals surface area contributed by atoms with E-state index in [2.05, 4.69) is 14.0 Å². The quantitative estimate of drug-likeness (QED) is 0.468. The highest BCUT2D eigenvalue weighted by Crippen LogP contribution is 2.22. The molecular weight excluding hydrogens is 328 g/mol. The number of likely N-dealkylation sites (tertiary alicyclic amines) is 1. The lowest BCUT2D eigenvalue weighted by Crippen LogP contribution is -2.40. The first-order chi connectivity index (χ1) is 8.72. The van der Waals surface area contributed by atoms with Gasteiger partial charge in [-0.1, -0.05) is 8.01 Å². The molecule has 12 heteroatoms. The van der Waals surface area contributed by atoms with Gasteiger partial charge in [0.05, 0.1) is 26.7 Å². The molecule has 1 rings (SSSR count). The van der Waals surface area contributed by atoms with Crippen molar-refractivity contribution < 1.29 is 38.4 Å². The van der Waals surface area contributed by atoms with E-state index in [0.717, 1.165) is 0 Å². The van der Waals surface area contributed by atoms with Crippen molar-refractivity contribution in [3.8, 4) is 0 Å². The number of alkyl halides is 3. The highest BCUT2D eigenvalue weighted by atomic mass is 32.3. The van der Waals surface area contributed by atoms with E-state index in [1.807, 2.05) is 0 Å². The molecule has 0 bridgehead atoms. The molecule has 6 nitrogen and oxygen atoms in total. The summed E-state index contributed by atoms with van der Waals surface area (Å²) in [6.07, 6.45) is 2.90. The molecule has 0 aromatic carbocycles. The number of hydrogen-bond acceptors (Lipinski definition) is 4. The molecule has 1 N–H and O–H groups in total. The molecule has 0 radical (unpaired) electrons. The van der Waals surface area contributed by atoms with Gasteiger partial charge >= 0.3 is 25.9 Å². The fraction of sp³-hybridized carbons (Fsp3) is 1.00. The van der Waals surface area contributed by atoms with Crippen LogP contribution >= 0.6 is 0 Å². The van der Waals surface area contributed by atoms with Crippen LogP contribution in [0.3, 0.4) is 0 Å². The maximum atomic E-state index is 11.4. The zero-order chi connectivity index (χ0) is 16.2. The average Bonchev–Trinajstić information content (AvgIpc) is 2.62. The SMILES string of the molecule is CC[N+]1(C)CCCC1.O=S(=O)(F)NS(=O)(=O)C(F)(F)F. The van der Waals surface area contributed by atoms with Crippen LogP contribution in [0.15, 0.2) is 0 Å². The number of hydrogen-bond donors (Lipinski definition) is 1. The van der Waals surface area contributed by atoms with Gasteiger partial charge in [0, 0.05) is 12.8 Å². The third-order valence-electron chi connectivity index (χ3n) is 2.92. The third kappa shape index (κ3) is 6.81. The third-order valence-corrected chi connectivity index (χ3v) is 5.21. The second kappa shape index (κ2) is 6.54. The summed E-state index contributed by atoms with van der Waals surface area (Å²) in [4.78, 5) is 0. The van der Waals surface area contributed by atoms with Crippen molar-refractivity contribution >= 4 is 20.4 Å². The van der Waals surface area contributed by atoms with Crippen molar-refractivity contribution in [3.63, 3.8) is 0 Å². The van der Waals surface area contributed by atoms with E-state index in [1.165, 1.54) is 37.0 Å². The molecule has 0 aliphatic carbocycles. The van der Waals surface area contributed by atoms with Crippen LogP contribution in [-0.2, 0) is 20.4 Å². The molecule has 0 aromatic heterocycles. The van der Waals surface area contributed by atoms with Gasteiger partial charge in [-0.05, 0) is 6.92 Å². The summed E-state index contributed by atoms with van der Waals surface area (Å²) < 4.78 is 84.8. The van der Waals surface area contributed by atoms with E-state index >= 15 is 0 Å². The van der Waals surface area contributed by atoms with Gasteiger partial charge in [0.15, 0.2) is 0 Å². The first-order valence-corrected chi connectivity index (χ1v) is 8.47. The normalized spacial score (nSPS) is 19.3. The molecule has 1 saturated heterocycles. The highest BCUT2D eigenvalue weighted by molar-refractivity contribution is 8.03. The van der Waals surface area contributed by atoms with E-state index in [4.69, 9.17) is 0 Å².